The first-order valence-corrected chi connectivity index (χ1v) is 6.76. The van der Waals surface area contributed by atoms with Gasteiger partial charge >= 0.3 is 6.03 Å². The number of nitrogens with one attached hydrogen (secondary N) is 2. The second kappa shape index (κ2) is 8.21. The maximum Gasteiger partial charge on any atom is 0.340 e. The molecule has 0 bridgehead atoms. The van der Waals surface area contributed by atoms with E-state index in [0.29, 0.717) is 18.5 Å². The highest BCUT2D eigenvalue weighted by molar-refractivity contribution is 5.84. The summed E-state index contributed by atoms with van der Waals surface area (Å²) < 4.78 is 0. The standard InChI is InChI=1S/C13H26N4O/c1-14-12-6-4-11(5-7-12)10-16-13(18)15-8-9-17(2)3/h10-12,14H,4-9H2,1-3H3,(H,15,18)/b16-10+. The summed E-state index contributed by atoms with van der Waals surface area (Å²) >= 11 is 0. The van der Waals surface area contributed by atoms with E-state index in [1.165, 1.54) is 12.8 Å². The summed E-state index contributed by atoms with van der Waals surface area (Å²) in [5.74, 6) is 0.467. The molecule has 0 radical (unpaired) electrons. The van der Waals surface area contributed by atoms with Crippen LogP contribution >= 0.6 is 0 Å². The van der Waals surface area contributed by atoms with Gasteiger partial charge in [0.1, 0.15) is 0 Å². The fourth-order valence-corrected chi connectivity index (χ4v) is 2.16. The number of amides is 2. The van der Waals surface area contributed by atoms with E-state index < -0.39 is 0 Å². The molecule has 0 aromatic rings. The molecule has 0 aromatic carbocycles. The Balaban J connectivity index is 2.17. The Bertz CT molecular complexity index is 270. The molecule has 1 aliphatic carbocycles. The highest BCUT2D eigenvalue weighted by atomic mass is 16.2. The summed E-state index contributed by atoms with van der Waals surface area (Å²) in [5.41, 5.74) is 0. The number of likely N-dealkylation sites (N-methyl/N-ethyl adjacent to an activating group) is 1. The number of aliphatic imine (C=N–C) groups is 1. The average Bonchev–Trinajstić information content (AvgIpc) is 2.36. The van der Waals surface area contributed by atoms with Gasteiger partial charge in [0.2, 0.25) is 0 Å². The molecule has 1 fully saturated rings. The lowest BCUT2D eigenvalue weighted by Crippen LogP contribution is -2.31. The van der Waals surface area contributed by atoms with E-state index in [2.05, 4.69) is 15.6 Å². The topological polar surface area (TPSA) is 56.7 Å². The summed E-state index contributed by atoms with van der Waals surface area (Å²) in [6, 6.07) is 0.427. The molecule has 0 heterocycles. The van der Waals surface area contributed by atoms with Crippen LogP contribution in [0.5, 0.6) is 0 Å². The monoisotopic (exact) mass is 254 g/mol. The van der Waals surface area contributed by atoms with Gasteiger partial charge in [0.05, 0.1) is 0 Å². The van der Waals surface area contributed by atoms with E-state index >= 15 is 0 Å². The Hall–Kier alpha value is -0.940. The molecule has 2 amide bonds. The lowest BCUT2D eigenvalue weighted by Gasteiger charge is -2.25. The third-order valence-corrected chi connectivity index (χ3v) is 3.42. The van der Waals surface area contributed by atoms with Gasteiger partial charge in [0, 0.05) is 25.3 Å². The van der Waals surface area contributed by atoms with Crippen molar-refractivity contribution in [1.82, 2.24) is 15.5 Å². The van der Waals surface area contributed by atoms with Gasteiger partial charge in [-0.25, -0.2) is 9.79 Å². The van der Waals surface area contributed by atoms with Crippen LogP contribution in [0.4, 0.5) is 4.79 Å². The smallest absolute Gasteiger partial charge is 0.335 e. The molecule has 18 heavy (non-hydrogen) atoms. The third kappa shape index (κ3) is 6.12. The molecule has 1 aliphatic rings. The lowest BCUT2D eigenvalue weighted by atomic mass is 9.87. The van der Waals surface area contributed by atoms with Crippen molar-refractivity contribution < 1.29 is 4.79 Å². The molecule has 0 aromatic heterocycles. The zero-order valence-corrected chi connectivity index (χ0v) is 11.8. The van der Waals surface area contributed by atoms with Crippen molar-refractivity contribution in [2.24, 2.45) is 10.9 Å². The van der Waals surface area contributed by atoms with Crippen molar-refractivity contribution in [1.29, 1.82) is 0 Å². The van der Waals surface area contributed by atoms with E-state index in [1.54, 1.807) is 0 Å². The molecule has 5 nitrogen and oxygen atoms in total. The first-order chi connectivity index (χ1) is 8.61. The first-order valence-electron chi connectivity index (χ1n) is 6.76. The molecule has 0 aliphatic heterocycles. The van der Waals surface area contributed by atoms with Crippen LogP contribution in [0.25, 0.3) is 0 Å². The second-order valence-corrected chi connectivity index (χ2v) is 5.21. The number of hydrogen-bond donors (Lipinski definition) is 2. The third-order valence-electron chi connectivity index (χ3n) is 3.42. The normalized spacial score (nSPS) is 24.7. The van der Waals surface area contributed by atoms with Gasteiger partial charge in [-0.05, 0) is 52.7 Å². The van der Waals surface area contributed by atoms with Gasteiger partial charge in [0.15, 0.2) is 0 Å². The molecule has 104 valence electrons. The Kier molecular flexibility index (Phi) is 6.90. The number of hydrogen-bond acceptors (Lipinski definition) is 3. The number of urea groups is 1. The van der Waals surface area contributed by atoms with Gasteiger partial charge in [0.25, 0.3) is 0 Å². The van der Waals surface area contributed by atoms with Crippen molar-refractivity contribution in [3.8, 4) is 0 Å². The van der Waals surface area contributed by atoms with E-state index in [1.807, 2.05) is 32.3 Å². The molecule has 0 unspecified atom stereocenters. The number of carbonyl (C=O) groups excluding carboxylic acids is 1. The Morgan fingerprint density at radius 2 is 2.00 bits per heavy atom. The summed E-state index contributed by atoms with van der Waals surface area (Å²) in [4.78, 5) is 17.5. The van der Waals surface area contributed by atoms with Crippen molar-refractivity contribution in [3.63, 3.8) is 0 Å². The van der Waals surface area contributed by atoms with Crippen LogP contribution in [0.2, 0.25) is 0 Å². The van der Waals surface area contributed by atoms with E-state index in [9.17, 15) is 4.79 Å². The number of carbonyl (C=O) groups is 1. The fourth-order valence-electron chi connectivity index (χ4n) is 2.16. The molecule has 0 spiro atoms. The van der Waals surface area contributed by atoms with Gasteiger partial charge in [-0.2, -0.15) is 0 Å². The molecule has 1 saturated carbocycles. The number of nitrogens with zero attached hydrogens (tertiary/aromatic N) is 2. The van der Waals surface area contributed by atoms with Crippen molar-refractivity contribution in [2.75, 3.05) is 34.2 Å². The Morgan fingerprint density at radius 3 is 2.56 bits per heavy atom. The van der Waals surface area contributed by atoms with E-state index in [4.69, 9.17) is 0 Å². The van der Waals surface area contributed by atoms with Crippen LogP contribution in [-0.4, -0.2) is 57.4 Å². The fraction of sp³-hybridized carbons (Fsp3) is 0.846. The highest BCUT2D eigenvalue weighted by Gasteiger charge is 2.18. The number of rotatable bonds is 5. The Labute approximate surface area is 110 Å². The largest absolute Gasteiger partial charge is 0.340 e. The van der Waals surface area contributed by atoms with Gasteiger partial charge < -0.3 is 15.5 Å². The van der Waals surface area contributed by atoms with Crippen LogP contribution < -0.4 is 10.6 Å². The predicted molar refractivity (Wildman–Crippen MR) is 75.3 cm³/mol. The van der Waals surface area contributed by atoms with Crippen molar-refractivity contribution in [3.05, 3.63) is 0 Å². The van der Waals surface area contributed by atoms with Gasteiger partial charge in [-0.15, -0.1) is 0 Å². The SMILES string of the molecule is CNC1CCC(/C=N/C(=O)NCCN(C)C)CC1. The summed E-state index contributed by atoms with van der Waals surface area (Å²) in [6.07, 6.45) is 6.43. The molecule has 0 atom stereocenters. The molecule has 1 rings (SSSR count). The quantitative estimate of drug-likeness (QED) is 0.723. The van der Waals surface area contributed by atoms with Gasteiger partial charge in [-0.1, -0.05) is 0 Å². The van der Waals surface area contributed by atoms with Crippen LogP contribution in [0.15, 0.2) is 4.99 Å². The predicted octanol–water partition coefficient (Wildman–Crippen LogP) is 1.11. The first kappa shape index (κ1) is 15.1. The lowest BCUT2D eigenvalue weighted by molar-refractivity contribution is 0.247. The van der Waals surface area contributed by atoms with E-state index in [0.717, 1.165) is 19.4 Å². The molecular weight excluding hydrogens is 228 g/mol. The van der Waals surface area contributed by atoms with Crippen molar-refractivity contribution in [2.45, 2.75) is 31.7 Å². The average molecular weight is 254 g/mol. The van der Waals surface area contributed by atoms with Gasteiger partial charge in [-0.3, -0.25) is 0 Å². The zero-order valence-electron chi connectivity index (χ0n) is 11.8. The summed E-state index contributed by atoms with van der Waals surface area (Å²) in [6.45, 7) is 1.49. The minimum Gasteiger partial charge on any atom is -0.335 e. The van der Waals surface area contributed by atoms with E-state index in [-0.39, 0.29) is 6.03 Å². The molecule has 2 N–H and O–H groups in total. The van der Waals surface area contributed by atoms with Crippen LogP contribution in [0.3, 0.4) is 0 Å². The summed E-state index contributed by atoms with van der Waals surface area (Å²) in [5, 5.41) is 6.08. The molecular formula is C13H26N4O. The maximum atomic E-state index is 11.4. The van der Waals surface area contributed by atoms with Crippen LogP contribution in [0.1, 0.15) is 25.7 Å². The highest BCUT2D eigenvalue weighted by Crippen LogP contribution is 2.22. The Morgan fingerprint density at radius 1 is 1.33 bits per heavy atom. The van der Waals surface area contributed by atoms with Crippen LogP contribution in [0, 0.1) is 5.92 Å². The minimum atomic E-state index is -0.215. The maximum absolute atomic E-state index is 11.4. The van der Waals surface area contributed by atoms with Crippen LogP contribution in [-0.2, 0) is 0 Å². The molecule has 5 heteroatoms. The molecule has 0 saturated heterocycles. The van der Waals surface area contributed by atoms with Crippen molar-refractivity contribution >= 4 is 12.2 Å². The summed E-state index contributed by atoms with van der Waals surface area (Å²) in [7, 11) is 5.97. The minimum absolute atomic E-state index is 0.215. The second-order valence-electron chi connectivity index (χ2n) is 5.21. The zero-order chi connectivity index (χ0) is 13.4.